The molecule has 2 heterocycles. The maximum atomic E-state index is 14.8. The number of anilines is 2. The van der Waals surface area contributed by atoms with Gasteiger partial charge in [0, 0.05) is 18.7 Å². The molecule has 0 aliphatic carbocycles. The lowest BCUT2D eigenvalue weighted by Crippen LogP contribution is -2.31. The molecule has 0 radical (unpaired) electrons. The zero-order valence-corrected chi connectivity index (χ0v) is 25.1. The van der Waals surface area contributed by atoms with Gasteiger partial charge in [-0.05, 0) is 60.5 Å². The van der Waals surface area contributed by atoms with Crippen LogP contribution in [0.4, 0.5) is 29.1 Å². The van der Waals surface area contributed by atoms with E-state index in [1.807, 2.05) is 0 Å². The highest BCUT2D eigenvalue weighted by Crippen LogP contribution is 2.35. The molecule has 0 aliphatic heterocycles. The van der Waals surface area contributed by atoms with E-state index in [1.165, 1.54) is 29.7 Å². The third-order valence-corrected chi connectivity index (χ3v) is 8.84. The number of benzene rings is 3. The van der Waals surface area contributed by atoms with Gasteiger partial charge < -0.3 is 14.8 Å². The Morgan fingerprint density at radius 3 is 2.40 bits per heavy atom. The van der Waals surface area contributed by atoms with Crippen molar-refractivity contribution >= 4 is 32.6 Å². The summed E-state index contributed by atoms with van der Waals surface area (Å²) in [5.74, 6) is -0.800. The average molecular weight is 645 g/mol. The first-order valence-electron chi connectivity index (χ1n) is 13.6. The minimum absolute atomic E-state index is 0.0104. The van der Waals surface area contributed by atoms with E-state index in [0.29, 0.717) is 22.4 Å². The van der Waals surface area contributed by atoms with E-state index in [0.717, 1.165) is 19.2 Å². The zero-order chi connectivity index (χ0) is 32.4. The maximum absolute atomic E-state index is 14.8. The Balaban J connectivity index is 1.57. The number of hydrogen-bond acceptors (Lipinski definition) is 8. The topological polar surface area (TPSA) is 122 Å². The molecule has 0 atom stereocenters. The summed E-state index contributed by atoms with van der Waals surface area (Å²) in [5, 5.41) is 10.2. The van der Waals surface area contributed by atoms with Crippen LogP contribution in [0.5, 0.6) is 11.5 Å². The van der Waals surface area contributed by atoms with Crippen molar-refractivity contribution in [1.82, 2.24) is 20.2 Å². The summed E-state index contributed by atoms with van der Waals surface area (Å²) in [5.41, 5.74) is 0.603. The van der Waals surface area contributed by atoms with Crippen LogP contribution < -0.4 is 19.1 Å². The monoisotopic (exact) mass is 644 g/mol. The van der Waals surface area contributed by atoms with Gasteiger partial charge in [0.2, 0.25) is 0 Å². The predicted octanol–water partition coefficient (Wildman–Crippen LogP) is 6.11. The van der Waals surface area contributed by atoms with Crippen LogP contribution >= 0.6 is 0 Å². The van der Waals surface area contributed by atoms with Crippen LogP contribution in [-0.2, 0) is 23.0 Å². The number of methoxy groups -OCH3 is 2. The van der Waals surface area contributed by atoms with Crippen LogP contribution in [0.2, 0.25) is 0 Å². The maximum Gasteiger partial charge on any atom is 0.393 e. The van der Waals surface area contributed by atoms with Crippen molar-refractivity contribution in [1.29, 1.82) is 0 Å². The normalized spacial score (nSPS) is 11.9. The number of nitrogens with zero attached hydrogens (tertiary/aromatic N) is 4. The molecule has 0 aliphatic rings. The Bertz CT molecular complexity index is 1930. The molecular weight excluding hydrogens is 616 g/mol. The molecule has 5 aromatic rings. The molecule has 15 heteroatoms. The second kappa shape index (κ2) is 12.6. The van der Waals surface area contributed by atoms with Gasteiger partial charge in [0.1, 0.15) is 11.6 Å². The number of aromatic nitrogens is 4. The number of sulfonamides is 1. The number of H-pyrrole nitrogens is 1. The fraction of sp³-hybridized carbons (Fsp3) is 0.233. The van der Waals surface area contributed by atoms with Crippen molar-refractivity contribution in [2.24, 2.45) is 0 Å². The molecule has 10 nitrogen and oxygen atoms in total. The van der Waals surface area contributed by atoms with Gasteiger partial charge in [-0.2, -0.15) is 18.3 Å². The molecule has 236 valence electrons. The van der Waals surface area contributed by atoms with Gasteiger partial charge in [-0.3, -0.25) is 9.40 Å². The van der Waals surface area contributed by atoms with Crippen molar-refractivity contribution in [3.63, 3.8) is 0 Å². The van der Waals surface area contributed by atoms with E-state index in [1.54, 1.807) is 43.3 Å². The number of nitrogens with one attached hydrogen (secondary N) is 2. The molecule has 0 spiro atoms. The van der Waals surface area contributed by atoms with Gasteiger partial charge >= 0.3 is 6.18 Å². The van der Waals surface area contributed by atoms with Crippen molar-refractivity contribution in [3.8, 4) is 22.9 Å². The van der Waals surface area contributed by atoms with E-state index in [2.05, 4.69) is 25.5 Å². The van der Waals surface area contributed by atoms with Crippen molar-refractivity contribution < 1.29 is 35.5 Å². The molecule has 0 unspecified atom stereocenters. The number of hydrogen-bond donors (Lipinski definition) is 2. The Hall–Kier alpha value is -4.92. The smallest absolute Gasteiger partial charge is 0.393 e. The Labute approximate surface area is 256 Å². The lowest BCUT2D eigenvalue weighted by molar-refractivity contribution is -0.127. The summed E-state index contributed by atoms with van der Waals surface area (Å²) in [6.45, 7) is 1.84. The van der Waals surface area contributed by atoms with Crippen LogP contribution in [0.15, 0.2) is 71.8 Å². The fourth-order valence-corrected chi connectivity index (χ4v) is 6.39. The summed E-state index contributed by atoms with van der Waals surface area (Å²) in [4.78, 5) is 8.88. The number of fused-ring (bicyclic) bond motifs is 1. The molecule has 2 aromatic heterocycles. The first kappa shape index (κ1) is 31.5. The second-order valence-corrected chi connectivity index (χ2v) is 11.7. The van der Waals surface area contributed by atoms with Gasteiger partial charge in [-0.15, -0.1) is 0 Å². The minimum atomic E-state index is -4.61. The zero-order valence-electron chi connectivity index (χ0n) is 24.3. The van der Waals surface area contributed by atoms with Gasteiger partial charge in [0.15, 0.2) is 23.0 Å². The summed E-state index contributed by atoms with van der Waals surface area (Å²) < 4.78 is 94.0. The third-order valence-electron chi connectivity index (χ3n) is 6.94. The molecule has 3 aromatic carbocycles. The second-order valence-electron chi connectivity index (χ2n) is 9.80. The Morgan fingerprint density at radius 1 is 0.978 bits per heavy atom. The Kier molecular flexibility index (Phi) is 8.82. The molecular formula is C30H28F4N6O4S. The average Bonchev–Trinajstić information content (AvgIpc) is 3.50. The predicted molar refractivity (Wildman–Crippen MR) is 160 cm³/mol. The number of rotatable bonds is 11. The molecule has 2 N–H and O–H groups in total. The number of halogens is 4. The highest BCUT2D eigenvalue weighted by Gasteiger charge is 2.31. The largest absolute Gasteiger partial charge is 0.497 e. The van der Waals surface area contributed by atoms with E-state index < -0.39 is 28.4 Å². The van der Waals surface area contributed by atoms with Gasteiger partial charge in [0.05, 0.1) is 42.8 Å². The summed E-state index contributed by atoms with van der Waals surface area (Å²) in [6, 6.07) is 14.8. The van der Waals surface area contributed by atoms with Crippen LogP contribution in [0.3, 0.4) is 0 Å². The van der Waals surface area contributed by atoms with Gasteiger partial charge in [-0.1, -0.05) is 18.2 Å². The van der Waals surface area contributed by atoms with E-state index in [4.69, 9.17) is 9.47 Å². The van der Waals surface area contributed by atoms with Gasteiger partial charge in [-0.25, -0.2) is 22.8 Å². The first-order chi connectivity index (χ1) is 21.4. The Morgan fingerprint density at radius 2 is 1.73 bits per heavy atom. The van der Waals surface area contributed by atoms with Crippen LogP contribution in [0, 0.1) is 5.82 Å². The van der Waals surface area contributed by atoms with Gasteiger partial charge in [0.25, 0.3) is 10.0 Å². The first-order valence-corrected chi connectivity index (χ1v) is 15.0. The number of alkyl halides is 3. The molecule has 0 fully saturated rings. The van der Waals surface area contributed by atoms with E-state index >= 15 is 0 Å². The molecule has 5 rings (SSSR count). The fourth-order valence-electron chi connectivity index (χ4n) is 4.85. The third kappa shape index (κ3) is 6.62. The standard InChI is InChI=1S/C30H28F4N6O4S/c1-4-40(45(41,42)21-8-6-5-7-9-21)25-11-10-20(43-2)12-19(25)16-35-27-23-17-36-39-29(23)38-28(37-27)22-14-24(31)26(44-3)13-18(22)15-30(32,33)34/h5-14,17H,4,15-16H2,1-3H3,(H2,35,36,37,38,39). The van der Waals surface area contributed by atoms with Crippen molar-refractivity contribution in [2.45, 2.75) is 31.0 Å². The molecule has 0 saturated carbocycles. The molecule has 45 heavy (non-hydrogen) atoms. The summed E-state index contributed by atoms with van der Waals surface area (Å²) in [6.07, 6.45) is -4.55. The molecule has 0 amide bonds. The molecule has 0 saturated heterocycles. The lowest BCUT2D eigenvalue weighted by atomic mass is 10.0. The van der Waals surface area contributed by atoms with Crippen LogP contribution in [-0.4, -0.2) is 55.5 Å². The van der Waals surface area contributed by atoms with Crippen LogP contribution in [0.25, 0.3) is 22.4 Å². The van der Waals surface area contributed by atoms with Crippen molar-refractivity contribution in [3.05, 3.63) is 83.8 Å². The summed E-state index contributed by atoms with van der Waals surface area (Å²) >= 11 is 0. The highest BCUT2D eigenvalue weighted by atomic mass is 32.2. The minimum Gasteiger partial charge on any atom is -0.497 e. The summed E-state index contributed by atoms with van der Waals surface area (Å²) in [7, 11) is -1.31. The molecule has 0 bridgehead atoms. The lowest BCUT2D eigenvalue weighted by Gasteiger charge is -2.26. The number of ether oxygens (including phenoxy) is 2. The van der Waals surface area contributed by atoms with E-state index in [-0.39, 0.29) is 52.2 Å². The van der Waals surface area contributed by atoms with Crippen LogP contribution in [0.1, 0.15) is 18.1 Å². The number of aromatic amines is 1. The quantitative estimate of drug-likeness (QED) is 0.165. The van der Waals surface area contributed by atoms with Crippen molar-refractivity contribution in [2.75, 3.05) is 30.4 Å². The SMILES string of the molecule is CCN(c1ccc(OC)cc1CNc1nc(-c2cc(F)c(OC)cc2CC(F)(F)F)nc2[nH]ncc12)S(=O)(=O)c1ccccc1. The highest BCUT2D eigenvalue weighted by molar-refractivity contribution is 7.92. The van der Waals surface area contributed by atoms with E-state index in [9.17, 15) is 26.0 Å².